The summed E-state index contributed by atoms with van der Waals surface area (Å²) in [4.78, 5) is 26.0. The Balaban J connectivity index is 1.94. The third-order valence-electron chi connectivity index (χ3n) is 4.35. The molecular formula is C17H25N3O4S. The molecule has 8 heteroatoms. The van der Waals surface area contributed by atoms with Gasteiger partial charge in [-0.25, -0.2) is 13.1 Å². The van der Waals surface area contributed by atoms with Crippen LogP contribution in [0.1, 0.15) is 31.7 Å². The van der Waals surface area contributed by atoms with Crippen molar-refractivity contribution < 1.29 is 18.0 Å². The van der Waals surface area contributed by atoms with E-state index in [1.54, 1.807) is 4.90 Å². The Morgan fingerprint density at radius 3 is 2.48 bits per heavy atom. The van der Waals surface area contributed by atoms with Gasteiger partial charge in [0.15, 0.2) is 0 Å². The van der Waals surface area contributed by atoms with Crippen molar-refractivity contribution in [2.45, 2.75) is 26.2 Å². The molecule has 1 unspecified atom stereocenters. The van der Waals surface area contributed by atoms with Gasteiger partial charge < -0.3 is 10.2 Å². The third-order valence-corrected chi connectivity index (χ3v) is 5.71. The fourth-order valence-corrected chi connectivity index (χ4v) is 3.30. The highest BCUT2D eigenvalue weighted by Gasteiger charge is 2.35. The molecule has 1 aliphatic rings. The Bertz CT molecular complexity index is 729. The van der Waals surface area contributed by atoms with E-state index < -0.39 is 15.9 Å². The smallest absolute Gasteiger partial charge is 0.227 e. The van der Waals surface area contributed by atoms with Crippen molar-refractivity contribution in [3.63, 3.8) is 0 Å². The van der Waals surface area contributed by atoms with E-state index >= 15 is 0 Å². The molecule has 2 N–H and O–H groups in total. The van der Waals surface area contributed by atoms with Gasteiger partial charge in [-0.2, -0.15) is 0 Å². The maximum atomic E-state index is 12.2. The normalized spacial score (nSPS) is 18.0. The molecule has 2 amide bonds. The van der Waals surface area contributed by atoms with Gasteiger partial charge in [0.1, 0.15) is 0 Å². The molecule has 0 radical (unpaired) electrons. The number of anilines is 1. The summed E-state index contributed by atoms with van der Waals surface area (Å²) in [6, 6.07) is 7.77. The van der Waals surface area contributed by atoms with E-state index in [9.17, 15) is 18.0 Å². The van der Waals surface area contributed by atoms with Crippen molar-refractivity contribution in [3.8, 4) is 0 Å². The number of sulfonamides is 1. The first-order chi connectivity index (χ1) is 11.7. The van der Waals surface area contributed by atoms with Crippen LogP contribution in [0.4, 0.5) is 5.69 Å². The molecule has 138 valence electrons. The lowest BCUT2D eigenvalue weighted by molar-refractivity contribution is -0.126. The molecular weight excluding hydrogens is 342 g/mol. The second-order valence-corrected chi connectivity index (χ2v) is 8.51. The molecule has 1 aromatic carbocycles. The van der Waals surface area contributed by atoms with E-state index in [0.717, 1.165) is 5.69 Å². The zero-order valence-electron chi connectivity index (χ0n) is 14.8. The number of carbonyl (C=O) groups excluding carboxylic acids is 2. The second-order valence-electron chi connectivity index (χ2n) is 6.47. The topological polar surface area (TPSA) is 95.6 Å². The molecule has 25 heavy (non-hydrogen) atoms. The molecule has 7 nitrogen and oxygen atoms in total. The van der Waals surface area contributed by atoms with Crippen LogP contribution >= 0.6 is 0 Å². The zero-order chi connectivity index (χ0) is 18.6. The van der Waals surface area contributed by atoms with E-state index in [1.165, 1.54) is 12.6 Å². The summed E-state index contributed by atoms with van der Waals surface area (Å²) < 4.78 is 24.9. The van der Waals surface area contributed by atoms with Crippen LogP contribution in [0.2, 0.25) is 0 Å². The van der Waals surface area contributed by atoms with Crippen LogP contribution in [0.5, 0.6) is 0 Å². The Hall–Kier alpha value is -1.93. The van der Waals surface area contributed by atoms with Crippen molar-refractivity contribution in [1.82, 2.24) is 10.0 Å². The summed E-state index contributed by atoms with van der Waals surface area (Å²) in [5, 5.41) is 2.59. The number of nitrogens with one attached hydrogen (secondary N) is 2. The molecule has 1 aliphatic heterocycles. The molecule has 0 saturated carbocycles. The summed E-state index contributed by atoms with van der Waals surface area (Å²) in [6.07, 6.45) is 0.135. The molecule has 1 fully saturated rings. The molecule has 1 saturated heterocycles. The number of nitrogens with zero attached hydrogens (tertiary/aromatic N) is 1. The van der Waals surface area contributed by atoms with Gasteiger partial charge >= 0.3 is 0 Å². The Morgan fingerprint density at radius 2 is 1.92 bits per heavy atom. The number of benzene rings is 1. The first kappa shape index (κ1) is 19.4. The quantitative estimate of drug-likeness (QED) is 0.746. The monoisotopic (exact) mass is 367 g/mol. The highest BCUT2D eigenvalue weighted by molar-refractivity contribution is 7.89. The van der Waals surface area contributed by atoms with Gasteiger partial charge in [0.25, 0.3) is 0 Å². The van der Waals surface area contributed by atoms with Crippen LogP contribution < -0.4 is 14.9 Å². The van der Waals surface area contributed by atoms with Gasteiger partial charge in [-0.05, 0) is 30.7 Å². The standard InChI is InChI=1S/C17H25N3O4S/c1-12(2)13-4-6-15(7-5-13)20-11-14(10-16(20)21)17(22)19-8-9-25(23,24)18-3/h4-7,12,14,18H,8-11H2,1-3H3,(H,19,22). The maximum absolute atomic E-state index is 12.2. The first-order valence-corrected chi connectivity index (χ1v) is 9.98. The lowest BCUT2D eigenvalue weighted by atomic mass is 10.0. The zero-order valence-corrected chi connectivity index (χ0v) is 15.6. The van der Waals surface area contributed by atoms with Gasteiger partial charge in [0, 0.05) is 25.2 Å². The lowest BCUT2D eigenvalue weighted by Gasteiger charge is -2.17. The van der Waals surface area contributed by atoms with Crippen molar-refractivity contribution >= 4 is 27.5 Å². The highest BCUT2D eigenvalue weighted by atomic mass is 32.2. The molecule has 1 atom stereocenters. The summed E-state index contributed by atoms with van der Waals surface area (Å²) in [6.45, 7) is 4.54. The SMILES string of the molecule is CNS(=O)(=O)CCNC(=O)C1CC(=O)N(c2ccc(C(C)C)cc2)C1. The third kappa shape index (κ3) is 5.02. The predicted molar refractivity (Wildman–Crippen MR) is 96.8 cm³/mol. The molecule has 2 rings (SSSR count). The fourth-order valence-electron chi connectivity index (χ4n) is 2.73. The number of rotatable bonds is 7. The Morgan fingerprint density at radius 1 is 1.28 bits per heavy atom. The van der Waals surface area contributed by atoms with E-state index in [2.05, 4.69) is 23.9 Å². The van der Waals surface area contributed by atoms with Crippen LogP contribution in [-0.4, -0.2) is 46.1 Å². The minimum Gasteiger partial charge on any atom is -0.355 e. The van der Waals surface area contributed by atoms with Crippen LogP contribution in [-0.2, 0) is 19.6 Å². The Kier molecular flexibility index (Phi) is 6.18. The average molecular weight is 367 g/mol. The summed E-state index contributed by atoms with van der Waals surface area (Å²) >= 11 is 0. The summed E-state index contributed by atoms with van der Waals surface area (Å²) in [5.41, 5.74) is 1.97. The Labute approximate surface area is 148 Å². The van der Waals surface area contributed by atoms with Crippen LogP contribution in [0, 0.1) is 5.92 Å². The van der Waals surface area contributed by atoms with E-state index in [1.807, 2.05) is 24.3 Å². The fraction of sp³-hybridized carbons (Fsp3) is 0.529. The number of hydrogen-bond donors (Lipinski definition) is 2. The average Bonchev–Trinajstić information content (AvgIpc) is 2.96. The number of amides is 2. The minimum absolute atomic E-state index is 0.0236. The van der Waals surface area contributed by atoms with E-state index in [-0.39, 0.29) is 30.5 Å². The van der Waals surface area contributed by atoms with Gasteiger partial charge in [0.05, 0.1) is 11.7 Å². The minimum atomic E-state index is -3.36. The van der Waals surface area contributed by atoms with E-state index in [4.69, 9.17) is 0 Å². The first-order valence-electron chi connectivity index (χ1n) is 8.32. The van der Waals surface area contributed by atoms with Crippen LogP contribution in [0.15, 0.2) is 24.3 Å². The largest absolute Gasteiger partial charge is 0.355 e. The molecule has 0 aromatic heterocycles. The molecule has 0 bridgehead atoms. The summed E-state index contributed by atoms with van der Waals surface area (Å²) in [7, 11) is -2.03. The van der Waals surface area contributed by atoms with Crippen molar-refractivity contribution in [2.24, 2.45) is 5.92 Å². The summed E-state index contributed by atoms with van der Waals surface area (Å²) in [5.74, 6) is -0.623. The van der Waals surface area contributed by atoms with Gasteiger partial charge in [-0.1, -0.05) is 26.0 Å². The molecule has 1 aromatic rings. The van der Waals surface area contributed by atoms with Crippen molar-refractivity contribution in [1.29, 1.82) is 0 Å². The number of carbonyl (C=O) groups is 2. The van der Waals surface area contributed by atoms with Crippen LogP contribution in [0.25, 0.3) is 0 Å². The lowest BCUT2D eigenvalue weighted by Crippen LogP contribution is -2.37. The highest BCUT2D eigenvalue weighted by Crippen LogP contribution is 2.26. The van der Waals surface area contributed by atoms with Gasteiger partial charge in [0.2, 0.25) is 21.8 Å². The van der Waals surface area contributed by atoms with Gasteiger partial charge in [-0.15, -0.1) is 0 Å². The van der Waals surface area contributed by atoms with Crippen molar-refractivity contribution in [3.05, 3.63) is 29.8 Å². The molecule has 1 heterocycles. The van der Waals surface area contributed by atoms with Gasteiger partial charge in [-0.3, -0.25) is 9.59 Å². The van der Waals surface area contributed by atoms with Crippen molar-refractivity contribution in [2.75, 3.05) is 30.8 Å². The van der Waals surface area contributed by atoms with Crippen LogP contribution in [0.3, 0.4) is 0 Å². The number of hydrogen-bond acceptors (Lipinski definition) is 4. The predicted octanol–water partition coefficient (Wildman–Crippen LogP) is 0.828. The molecule has 0 spiro atoms. The maximum Gasteiger partial charge on any atom is 0.227 e. The molecule has 0 aliphatic carbocycles. The van der Waals surface area contributed by atoms with E-state index in [0.29, 0.717) is 12.5 Å². The second kappa shape index (κ2) is 7.97.